The smallest absolute Gasteiger partial charge is 0.297 e. The molecule has 4 saturated carbocycles. The van der Waals surface area contributed by atoms with Gasteiger partial charge in [-0.25, -0.2) is 0 Å². The summed E-state index contributed by atoms with van der Waals surface area (Å²) in [5.41, 5.74) is 2.44. The van der Waals surface area contributed by atoms with Gasteiger partial charge in [0.1, 0.15) is 0 Å². The van der Waals surface area contributed by atoms with E-state index in [2.05, 4.69) is 27.7 Å². The van der Waals surface area contributed by atoms with Gasteiger partial charge in [-0.3, -0.25) is 4.79 Å². The van der Waals surface area contributed by atoms with Gasteiger partial charge in [-0.2, -0.15) is 0 Å². The lowest BCUT2D eigenvalue weighted by molar-refractivity contribution is -0.123. The second-order valence-corrected chi connectivity index (χ2v) is 12.2. The first-order chi connectivity index (χ1) is 14.4. The van der Waals surface area contributed by atoms with Crippen molar-refractivity contribution in [2.24, 2.45) is 46.3 Å². The van der Waals surface area contributed by atoms with Crippen molar-refractivity contribution in [2.75, 3.05) is 0 Å². The van der Waals surface area contributed by atoms with Crippen molar-refractivity contribution < 1.29 is 9.53 Å². The molecule has 0 spiro atoms. The Hall–Kier alpha value is -0.790. The molecular formula is C28H46O2. The van der Waals surface area contributed by atoms with E-state index in [4.69, 9.17) is 4.74 Å². The zero-order valence-electron chi connectivity index (χ0n) is 20.1. The fourth-order valence-corrected chi connectivity index (χ4v) is 9.38. The summed E-state index contributed by atoms with van der Waals surface area (Å²) in [4.78, 5) is 10.4. The van der Waals surface area contributed by atoms with E-state index in [0.717, 1.165) is 41.9 Å². The Bertz CT molecular complexity index is 639. The maximum atomic E-state index is 10.4. The van der Waals surface area contributed by atoms with Gasteiger partial charge >= 0.3 is 0 Å². The quantitative estimate of drug-likeness (QED) is 0.312. The molecule has 4 fully saturated rings. The normalized spacial score (nSPS) is 44.5. The predicted octanol–water partition coefficient (Wildman–Crippen LogP) is 7.92. The largest absolute Gasteiger partial charge is 0.437 e. The van der Waals surface area contributed by atoms with Gasteiger partial charge in [-0.15, -0.1) is 0 Å². The monoisotopic (exact) mass is 414 g/mol. The summed E-state index contributed by atoms with van der Waals surface area (Å²) in [7, 11) is 0. The van der Waals surface area contributed by atoms with E-state index < -0.39 is 0 Å². The number of carbonyl (C=O) groups excluding carboxylic acids is 1. The average molecular weight is 415 g/mol. The lowest BCUT2D eigenvalue weighted by Crippen LogP contribution is -2.53. The van der Waals surface area contributed by atoms with Gasteiger partial charge in [-0.1, -0.05) is 40.0 Å². The molecule has 2 heteroatoms. The molecule has 30 heavy (non-hydrogen) atoms. The van der Waals surface area contributed by atoms with Crippen molar-refractivity contribution in [3.05, 3.63) is 11.8 Å². The summed E-state index contributed by atoms with van der Waals surface area (Å²) < 4.78 is 4.79. The van der Waals surface area contributed by atoms with E-state index in [1.165, 1.54) is 82.6 Å². The molecule has 0 aromatic rings. The van der Waals surface area contributed by atoms with Crippen LogP contribution in [0.25, 0.3) is 0 Å². The number of hydrogen-bond acceptors (Lipinski definition) is 2. The molecule has 0 amide bonds. The van der Waals surface area contributed by atoms with Crippen LogP contribution in [-0.4, -0.2) is 6.47 Å². The zero-order valence-corrected chi connectivity index (χ0v) is 20.1. The average Bonchev–Trinajstić information content (AvgIpc) is 3.09. The standard InChI is InChI=1S/C28H46O2/c1-20(18-30-19-29)8-7-9-21(2)24-13-14-25-23-12-11-22-10-5-6-16-27(22,3)26(23)15-17-28(24,25)4/h18-19,21-26H,5-17H2,1-4H3/t21-,22?,23+,24-,25+,26+,27+,28-/m1/s1. The van der Waals surface area contributed by atoms with Crippen molar-refractivity contribution in [1.82, 2.24) is 0 Å². The number of rotatable bonds is 7. The molecule has 0 aliphatic heterocycles. The second-order valence-electron chi connectivity index (χ2n) is 12.2. The van der Waals surface area contributed by atoms with Crippen LogP contribution in [0.5, 0.6) is 0 Å². The fraction of sp³-hybridized carbons (Fsp3) is 0.893. The minimum absolute atomic E-state index is 0.517. The molecule has 4 rings (SSSR count). The first-order valence-electron chi connectivity index (χ1n) is 13.1. The summed E-state index contributed by atoms with van der Waals surface area (Å²) in [5, 5.41) is 0. The Labute approximate surface area is 185 Å². The van der Waals surface area contributed by atoms with Gasteiger partial charge in [0.05, 0.1) is 6.26 Å². The van der Waals surface area contributed by atoms with Crippen LogP contribution in [0, 0.1) is 46.3 Å². The molecule has 8 atom stereocenters. The van der Waals surface area contributed by atoms with E-state index in [-0.39, 0.29) is 0 Å². The Morgan fingerprint density at radius 3 is 2.60 bits per heavy atom. The lowest BCUT2D eigenvalue weighted by atomic mass is 9.44. The number of carbonyl (C=O) groups is 1. The van der Waals surface area contributed by atoms with Gasteiger partial charge in [0.2, 0.25) is 0 Å². The lowest BCUT2D eigenvalue weighted by Gasteiger charge is -2.61. The van der Waals surface area contributed by atoms with E-state index >= 15 is 0 Å². The Morgan fingerprint density at radius 2 is 1.80 bits per heavy atom. The van der Waals surface area contributed by atoms with Gasteiger partial charge in [0.25, 0.3) is 6.47 Å². The molecule has 4 aliphatic rings. The number of ether oxygens (including phenoxy) is 1. The highest BCUT2D eigenvalue weighted by atomic mass is 16.5. The van der Waals surface area contributed by atoms with E-state index in [1.54, 1.807) is 6.26 Å². The number of allylic oxidation sites excluding steroid dienone is 1. The third-order valence-corrected chi connectivity index (χ3v) is 10.9. The van der Waals surface area contributed by atoms with Crippen molar-refractivity contribution in [1.29, 1.82) is 0 Å². The summed E-state index contributed by atoms with van der Waals surface area (Å²) in [6, 6.07) is 0. The first kappa shape index (κ1) is 22.4. The van der Waals surface area contributed by atoms with Gasteiger partial charge in [-0.05, 0) is 123 Å². The summed E-state index contributed by atoms with van der Waals surface area (Å²) >= 11 is 0. The molecule has 0 aromatic carbocycles. The van der Waals surface area contributed by atoms with Crippen LogP contribution in [0.4, 0.5) is 0 Å². The molecule has 2 nitrogen and oxygen atoms in total. The second kappa shape index (κ2) is 8.99. The van der Waals surface area contributed by atoms with E-state index in [0.29, 0.717) is 17.3 Å². The molecule has 4 aliphatic carbocycles. The van der Waals surface area contributed by atoms with Crippen LogP contribution < -0.4 is 0 Å². The summed E-state index contributed by atoms with van der Waals surface area (Å²) in [5.74, 6) is 5.80. The Morgan fingerprint density at radius 1 is 1.00 bits per heavy atom. The maximum Gasteiger partial charge on any atom is 0.297 e. The molecule has 0 radical (unpaired) electrons. The van der Waals surface area contributed by atoms with Crippen LogP contribution in [0.3, 0.4) is 0 Å². The van der Waals surface area contributed by atoms with Gasteiger partial charge in [0.15, 0.2) is 0 Å². The van der Waals surface area contributed by atoms with Crippen LogP contribution in [0.15, 0.2) is 11.8 Å². The fourth-order valence-electron chi connectivity index (χ4n) is 9.38. The highest BCUT2D eigenvalue weighted by molar-refractivity contribution is 5.38. The van der Waals surface area contributed by atoms with Crippen LogP contribution in [-0.2, 0) is 9.53 Å². The maximum absolute atomic E-state index is 10.4. The minimum Gasteiger partial charge on any atom is -0.437 e. The Balaban J connectivity index is 1.39. The van der Waals surface area contributed by atoms with Crippen molar-refractivity contribution in [3.8, 4) is 0 Å². The molecule has 0 saturated heterocycles. The highest BCUT2D eigenvalue weighted by Gasteiger charge is 2.59. The SMILES string of the molecule is CC(=COC=O)CCC[C@@H](C)[C@H]1CC[C@H]2[C@@H]3CCC4CCCC[C@]4(C)[C@H]3CC[C@]12C. The molecule has 170 valence electrons. The zero-order chi connectivity index (χ0) is 21.4. The number of fused-ring (bicyclic) bond motifs is 5. The van der Waals surface area contributed by atoms with Gasteiger partial charge in [0, 0.05) is 0 Å². The van der Waals surface area contributed by atoms with Crippen LogP contribution >= 0.6 is 0 Å². The van der Waals surface area contributed by atoms with E-state index in [9.17, 15) is 4.79 Å². The molecule has 0 heterocycles. The van der Waals surface area contributed by atoms with Crippen molar-refractivity contribution in [3.63, 3.8) is 0 Å². The molecule has 0 N–H and O–H groups in total. The van der Waals surface area contributed by atoms with Crippen LogP contribution in [0.2, 0.25) is 0 Å². The highest BCUT2D eigenvalue weighted by Crippen LogP contribution is 2.68. The molecule has 1 unspecified atom stereocenters. The third-order valence-electron chi connectivity index (χ3n) is 10.9. The minimum atomic E-state index is 0.517. The van der Waals surface area contributed by atoms with Crippen molar-refractivity contribution in [2.45, 2.75) is 111 Å². The van der Waals surface area contributed by atoms with Crippen LogP contribution in [0.1, 0.15) is 111 Å². The van der Waals surface area contributed by atoms with Crippen molar-refractivity contribution >= 4 is 6.47 Å². The third kappa shape index (κ3) is 3.90. The first-order valence-corrected chi connectivity index (χ1v) is 13.1. The molecule has 0 aromatic heterocycles. The molecule has 0 bridgehead atoms. The van der Waals surface area contributed by atoms with Gasteiger partial charge < -0.3 is 4.74 Å². The van der Waals surface area contributed by atoms with E-state index in [1.807, 2.05) is 0 Å². The number of hydrogen-bond donors (Lipinski definition) is 0. The summed E-state index contributed by atoms with van der Waals surface area (Å²) in [6.07, 6.45) is 20.3. The molecular weight excluding hydrogens is 368 g/mol. The predicted molar refractivity (Wildman–Crippen MR) is 124 cm³/mol. The topological polar surface area (TPSA) is 26.3 Å². The summed E-state index contributed by atoms with van der Waals surface area (Å²) in [6.45, 7) is 10.5. The Kier molecular flexibility index (Phi) is 6.71.